The monoisotopic (exact) mass is 357 g/mol. The zero-order chi connectivity index (χ0) is 18.7. The Bertz CT molecular complexity index is 802. The van der Waals surface area contributed by atoms with Crippen LogP contribution < -0.4 is 0 Å². The molecular weight excluding hydrogens is 334 g/mol. The van der Waals surface area contributed by atoms with Crippen LogP contribution in [0.3, 0.4) is 0 Å². The molecule has 0 bridgehead atoms. The Kier molecular flexibility index (Phi) is 5.29. The van der Waals surface area contributed by atoms with Gasteiger partial charge in [-0.05, 0) is 38.2 Å². The Balaban J connectivity index is 1.66. The molecule has 0 aromatic carbocycles. The minimum atomic E-state index is -0.143. The lowest BCUT2D eigenvalue weighted by Crippen LogP contribution is -2.40. The van der Waals surface area contributed by atoms with Crippen LogP contribution in [0, 0.1) is 12.8 Å². The van der Waals surface area contributed by atoms with Crippen molar-refractivity contribution in [3.8, 4) is 0 Å². The molecule has 1 aliphatic rings. The van der Waals surface area contributed by atoms with Crippen LogP contribution in [0.25, 0.3) is 0 Å². The predicted octanol–water partition coefficient (Wildman–Crippen LogP) is 1.57. The maximum atomic E-state index is 12.6. The average molecular weight is 357 g/mol. The number of likely N-dealkylation sites (tertiary alicyclic amines) is 1. The van der Waals surface area contributed by atoms with Gasteiger partial charge in [-0.25, -0.2) is 9.97 Å². The molecule has 1 saturated heterocycles. The summed E-state index contributed by atoms with van der Waals surface area (Å²) >= 11 is 0. The third-order valence-electron chi connectivity index (χ3n) is 4.50. The molecule has 1 atom stereocenters. The zero-order valence-corrected chi connectivity index (χ0v) is 15.3. The van der Waals surface area contributed by atoms with Crippen molar-refractivity contribution in [3.63, 3.8) is 0 Å². The average Bonchev–Trinajstić information content (AvgIpc) is 3.07. The van der Waals surface area contributed by atoms with Crippen LogP contribution in [0.4, 0.5) is 0 Å². The normalized spacial score (nSPS) is 17.2. The summed E-state index contributed by atoms with van der Waals surface area (Å²) in [7, 11) is 3.39. The van der Waals surface area contributed by atoms with Crippen molar-refractivity contribution in [2.45, 2.75) is 26.2 Å². The molecule has 8 nitrogen and oxygen atoms in total. The Labute approximate surface area is 152 Å². The topological polar surface area (TPSA) is 92.4 Å². The van der Waals surface area contributed by atoms with E-state index >= 15 is 0 Å². The van der Waals surface area contributed by atoms with Crippen molar-refractivity contribution in [1.29, 1.82) is 0 Å². The van der Waals surface area contributed by atoms with Crippen LogP contribution in [0.1, 0.15) is 45.3 Å². The predicted molar refractivity (Wildman–Crippen MR) is 93.6 cm³/mol. The van der Waals surface area contributed by atoms with Gasteiger partial charge in [0, 0.05) is 38.9 Å². The van der Waals surface area contributed by atoms with Crippen molar-refractivity contribution < 1.29 is 14.1 Å². The number of hydrogen-bond acceptors (Lipinski definition) is 6. The van der Waals surface area contributed by atoms with Gasteiger partial charge in [-0.15, -0.1) is 0 Å². The molecule has 0 aliphatic carbocycles. The van der Waals surface area contributed by atoms with E-state index in [1.165, 1.54) is 11.2 Å². The highest BCUT2D eigenvalue weighted by atomic mass is 16.5. The fourth-order valence-electron chi connectivity index (χ4n) is 3.20. The largest absolute Gasteiger partial charge is 0.361 e. The first-order valence-corrected chi connectivity index (χ1v) is 8.69. The lowest BCUT2D eigenvalue weighted by molar-refractivity contribution is 0.0662. The number of piperidine rings is 1. The van der Waals surface area contributed by atoms with E-state index in [2.05, 4.69) is 15.1 Å². The fourth-order valence-corrected chi connectivity index (χ4v) is 3.20. The summed E-state index contributed by atoms with van der Waals surface area (Å²) in [5, 5.41) is 3.82. The molecule has 8 heteroatoms. The smallest absolute Gasteiger partial charge is 0.276 e. The maximum Gasteiger partial charge on any atom is 0.276 e. The van der Waals surface area contributed by atoms with Crippen LogP contribution in [-0.2, 0) is 6.42 Å². The van der Waals surface area contributed by atoms with Gasteiger partial charge in [-0.3, -0.25) is 9.59 Å². The van der Waals surface area contributed by atoms with Crippen LogP contribution in [0.5, 0.6) is 0 Å². The van der Waals surface area contributed by atoms with Gasteiger partial charge in [0.25, 0.3) is 11.8 Å². The first-order chi connectivity index (χ1) is 12.4. The summed E-state index contributed by atoms with van der Waals surface area (Å²) in [6.07, 6.45) is 4.08. The second-order valence-corrected chi connectivity index (χ2v) is 6.88. The maximum absolute atomic E-state index is 12.6. The Morgan fingerprint density at radius 2 is 2.08 bits per heavy atom. The van der Waals surface area contributed by atoms with Gasteiger partial charge in [0.2, 0.25) is 0 Å². The van der Waals surface area contributed by atoms with Gasteiger partial charge >= 0.3 is 0 Å². The van der Waals surface area contributed by atoms with E-state index in [0.29, 0.717) is 30.1 Å². The Hall–Kier alpha value is -2.77. The van der Waals surface area contributed by atoms with E-state index in [1.807, 2.05) is 4.90 Å². The number of amides is 2. The zero-order valence-electron chi connectivity index (χ0n) is 15.3. The van der Waals surface area contributed by atoms with E-state index < -0.39 is 0 Å². The molecule has 2 aromatic rings. The number of aryl methyl sites for hydroxylation is 1. The summed E-state index contributed by atoms with van der Waals surface area (Å²) in [5.74, 6) is 0.673. The summed E-state index contributed by atoms with van der Waals surface area (Å²) in [5.41, 5.74) is 1.56. The molecule has 0 radical (unpaired) electrons. The van der Waals surface area contributed by atoms with E-state index in [1.54, 1.807) is 33.2 Å². The van der Waals surface area contributed by atoms with E-state index in [9.17, 15) is 9.59 Å². The second kappa shape index (κ2) is 7.63. The lowest BCUT2D eigenvalue weighted by atomic mass is 9.93. The number of carbonyl (C=O) groups excluding carboxylic acids is 2. The third kappa shape index (κ3) is 4.07. The molecule has 138 valence electrons. The second-order valence-electron chi connectivity index (χ2n) is 6.88. The van der Waals surface area contributed by atoms with Gasteiger partial charge in [-0.1, -0.05) is 5.16 Å². The van der Waals surface area contributed by atoms with Crippen molar-refractivity contribution in [2.24, 2.45) is 5.92 Å². The summed E-state index contributed by atoms with van der Waals surface area (Å²) in [6, 6.07) is 3.40. The molecule has 3 rings (SSSR count). The van der Waals surface area contributed by atoms with Gasteiger partial charge in [-0.2, -0.15) is 0 Å². The van der Waals surface area contributed by atoms with E-state index in [4.69, 9.17) is 4.52 Å². The van der Waals surface area contributed by atoms with Gasteiger partial charge in [0.15, 0.2) is 5.69 Å². The quantitative estimate of drug-likeness (QED) is 0.825. The van der Waals surface area contributed by atoms with Crippen molar-refractivity contribution in [2.75, 3.05) is 27.2 Å². The Morgan fingerprint density at radius 3 is 2.77 bits per heavy atom. The molecular formula is C18H23N5O3. The highest BCUT2D eigenvalue weighted by Crippen LogP contribution is 2.22. The first-order valence-electron chi connectivity index (χ1n) is 8.69. The molecule has 2 aromatic heterocycles. The van der Waals surface area contributed by atoms with E-state index in [0.717, 1.165) is 25.1 Å². The molecule has 2 amide bonds. The van der Waals surface area contributed by atoms with Gasteiger partial charge in [0.05, 0.1) is 0 Å². The fraction of sp³-hybridized carbons (Fsp3) is 0.500. The van der Waals surface area contributed by atoms with Gasteiger partial charge < -0.3 is 14.3 Å². The summed E-state index contributed by atoms with van der Waals surface area (Å²) < 4.78 is 5.00. The van der Waals surface area contributed by atoms with E-state index in [-0.39, 0.29) is 17.7 Å². The molecule has 0 saturated carbocycles. The third-order valence-corrected chi connectivity index (χ3v) is 4.50. The van der Waals surface area contributed by atoms with Crippen molar-refractivity contribution in [3.05, 3.63) is 41.3 Å². The SMILES string of the molecule is Cc1cc(C(=O)N2CCC[C@H](Cc3cc(C(=O)N(C)C)ncn3)C2)no1. The minimum absolute atomic E-state index is 0.0993. The summed E-state index contributed by atoms with van der Waals surface area (Å²) in [4.78, 5) is 36.3. The molecule has 1 aliphatic heterocycles. The van der Waals surface area contributed by atoms with Gasteiger partial charge in [0.1, 0.15) is 17.8 Å². The van der Waals surface area contributed by atoms with Crippen molar-refractivity contribution in [1.82, 2.24) is 24.9 Å². The number of hydrogen-bond donors (Lipinski definition) is 0. The Morgan fingerprint density at radius 1 is 1.27 bits per heavy atom. The molecule has 3 heterocycles. The van der Waals surface area contributed by atoms with Crippen LogP contribution >= 0.6 is 0 Å². The van der Waals surface area contributed by atoms with Crippen LogP contribution in [0.2, 0.25) is 0 Å². The van der Waals surface area contributed by atoms with Crippen molar-refractivity contribution >= 4 is 11.8 Å². The molecule has 26 heavy (non-hydrogen) atoms. The highest BCUT2D eigenvalue weighted by molar-refractivity contribution is 5.92. The highest BCUT2D eigenvalue weighted by Gasteiger charge is 2.27. The molecule has 0 spiro atoms. The minimum Gasteiger partial charge on any atom is -0.361 e. The van der Waals surface area contributed by atoms with Crippen LogP contribution in [0.15, 0.2) is 23.0 Å². The summed E-state index contributed by atoms with van der Waals surface area (Å²) in [6.45, 7) is 3.13. The first kappa shape index (κ1) is 18.0. The van der Waals surface area contributed by atoms with Crippen LogP contribution in [-0.4, -0.2) is 63.9 Å². The number of nitrogens with zero attached hydrogens (tertiary/aromatic N) is 5. The molecule has 0 unspecified atom stereocenters. The molecule has 1 fully saturated rings. The number of aromatic nitrogens is 3. The number of rotatable bonds is 4. The lowest BCUT2D eigenvalue weighted by Gasteiger charge is -2.32. The number of carbonyl (C=O) groups is 2. The standard InChI is InChI=1S/C18H23N5O3/c1-12-7-16(21-26-12)18(25)23-6-4-5-13(10-23)8-14-9-15(20-11-19-14)17(24)22(2)3/h7,9,11,13H,4-6,8,10H2,1-3H3/t13-/m1/s1. The molecule has 0 N–H and O–H groups in total.